The highest BCUT2D eigenvalue weighted by Gasteiger charge is 2.29. The number of nitrogens with one attached hydrogen (secondary N) is 2. The lowest BCUT2D eigenvalue weighted by atomic mass is 10.0. The molecule has 1 aliphatic heterocycles. The molecule has 0 spiro atoms. The molecule has 1 unspecified atom stereocenters. The number of likely N-dealkylation sites (N-methyl/N-ethyl adjacent to an activating group) is 1. The fraction of sp³-hybridized carbons (Fsp3) is 0.933. The fourth-order valence-electron chi connectivity index (χ4n) is 2.16. The molecule has 0 amide bonds. The zero-order chi connectivity index (χ0) is 15.0. The van der Waals surface area contributed by atoms with E-state index in [0.717, 1.165) is 51.6 Å². The highest BCUT2D eigenvalue weighted by Crippen LogP contribution is 2.24. The third-order valence-corrected chi connectivity index (χ3v) is 3.85. The van der Waals surface area contributed by atoms with Crippen molar-refractivity contribution in [1.29, 1.82) is 0 Å². The van der Waals surface area contributed by atoms with Gasteiger partial charge in [-0.1, -0.05) is 0 Å². The molecule has 5 nitrogen and oxygen atoms in total. The Labute approximate surface area is 124 Å². The third-order valence-electron chi connectivity index (χ3n) is 3.85. The summed E-state index contributed by atoms with van der Waals surface area (Å²) in [7, 11) is 2.14. The van der Waals surface area contributed by atoms with Crippen LogP contribution in [0.1, 0.15) is 40.5 Å². The van der Waals surface area contributed by atoms with Gasteiger partial charge in [-0.25, -0.2) is 0 Å². The van der Waals surface area contributed by atoms with Crippen LogP contribution in [0.2, 0.25) is 0 Å². The van der Waals surface area contributed by atoms with E-state index in [1.165, 1.54) is 0 Å². The van der Waals surface area contributed by atoms with Gasteiger partial charge in [0.2, 0.25) is 0 Å². The first-order valence-electron chi connectivity index (χ1n) is 7.83. The summed E-state index contributed by atoms with van der Waals surface area (Å²) in [4.78, 5) is 6.98. The largest absolute Gasteiger partial charge is 0.373 e. The van der Waals surface area contributed by atoms with E-state index >= 15 is 0 Å². The second-order valence-corrected chi connectivity index (χ2v) is 6.10. The van der Waals surface area contributed by atoms with Crippen molar-refractivity contribution >= 4 is 5.96 Å². The van der Waals surface area contributed by atoms with Crippen LogP contribution in [0.3, 0.4) is 0 Å². The van der Waals surface area contributed by atoms with Gasteiger partial charge in [0.15, 0.2) is 5.96 Å². The average molecular weight is 284 g/mol. The zero-order valence-corrected chi connectivity index (χ0v) is 13.8. The molecule has 0 aliphatic carbocycles. The fourth-order valence-corrected chi connectivity index (χ4v) is 2.16. The highest BCUT2D eigenvalue weighted by molar-refractivity contribution is 5.79. The molecular weight excluding hydrogens is 252 g/mol. The van der Waals surface area contributed by atoms with E-state index in [1.54, 1.807) is 0 Å². The first kappa shape index (κ1) is 17.2. The lowest BCUT2D eigenvalue weighted by Gasteiger charge is -2.23. The normalized spacial score (nSPS) is 23.6. The Bertz CT molecular complexity index is 298. The molecule has 1 heterocycles. The summed E-state index contributed by atoms with van der Waals surface area (Å²) >= 11 is 0. The van der Waals surface area contributed by atoms with Gasteiger partial charge in [-0.2, -0.15) is 0 Å². The molecule has 118 valence electrons. The predicted octanol–water partition coefficient (Wildman–Crippen LogP) is 1.45. The minimum absolute atomic E-state index is 0.0723. The van der Waals surface area contributed by atoms with Gasteiger partial charge in [0.05, 0.1) is 12.1 Å². The van der Waals surface area contributed by atoms with Gasteiger partial charge in [0, 0.05) is 32.3 Å². The van der Waals surface area contributed by atoms with Gasteiger partial charge >= 0.3 is 0 Å². The van der Waals surface area contributed by atoms with Crippen molar-refractivity contribution in [2.45, 2.75) is 52.2 Å². The summed E-state index contributed by atoms with van der Waals surface area (Å²) in [6, 6.07) is 0.571. The van der Waals surface area contributed by atoms with Crippen LogP contribution < -0.4 is 10.6 Å². The zero-order valence-electron chi connectivity index (χ0n) is 13.8. The molecule has 2 N–H and O–H groups in total. The van der Waals surface area contributed by atoms with E-state index in [-0.39, 0.29) is 5.60 Å². The highest BCUT2D eigenvalue weighted by atomic mass is 16.5. The second kappa shape index (κ2) is 8.47. The van der Waals surface area contributed by atoms with Gasteiger partial charge in [0.1, 0.15) is 0 Å². The maximum absolute atomic E-state index is 5.77. The molecule has 1 rings (SSSR count). The van der Waals surface area contributed by atoms with Crippen LogP contribution in [0.4, 0.5) is 0 Å². The van der Waals surface area contributed by atoms with Crippen LogP contribution in [0.25, 0.3) is 0 Å². The quantitative estimate of drug-likeness (QED) is 0.549. The summed E-state index contributed by atoms with van der Waals surface area (Å²) in [6.07, 6.45) is 2.25. The Morgan fingerprint density at radius 2 is 2.15 bits per heavy atom. The first-order valence-corrected chi connectivity index (χ1v) is 7.83. The molecule has 20 heavy (non-hydrogen) atoms. The standard InChI is InChI=1S/C15H32N4O/c1-6-16-14(17-9-10-19(5)13(2)3)18-12-15(4)8-7-11-20-15/h13H,6-12H2,1-5H3,(H2,16,17,18). The lowest BCUT2D eigenvalue weighted by molar-refractivity contribution is 0.0283. The second-order valence-electron chi connectivity index (χ2n) is 6.10. The number of nitrogens with zero attached hydrogens (tertiary/aromatic N) is 2. The van der Waals surface area contributed by atoms with E-state index < -0.39 is 0 Å². The van der Waals surface area contributed by atoms with Crippen LogP contribution in [0.15, 0.2) is 4.99 Å². The minimum atomic E-state index is -0.0723. The topological polar surface area (TPSA) is 48.9 Å². The average Bonchev–Trinajstić information content (AvgIpc) is 2.83. The molecule has 5 heteroatoms. The number of hydrogen-bond donors (Lipinski definition) is 2. The van der Waals surface area contributed by atoms with Gasteiger partial charge in [-0.05, 0) is 47.6 Å². The molecule has 0 saturated carbocycles. The molecule has 1 saturated heterocycles. The number of guanidine groups is 1. The van der Waals surface area contributed by atoms with Crippen molar-refractivity contribution < 1.29 is 4.74 Å². The van der Waals surface area contributed by atoms with E-state index in [0.29, 0.717) is 6.04 Å². The van der Waals surface area contributed by atoms with Crippen molar-refractivity contribution in [3.63, 3.8) is 0 Å². The maximum atomic E-state index is 5.77. The molecule has 0 aromatic carbocycles. The van der Waals surface area contributed by atoms with Crippen molar-refractivity contribution in [3.8, 4) is 0 Å². The Kier molecular flexibility index (Phi) is 7.30. The van der Waals surface area contributed by atoms with Gasteiger partial charge in [0.25, 0.3) is 0 Å². The molecule has 0 aromatic rings. The number of hydrogen-bond acceptors (Lipinski definition) is 3. The summed E-state index contributed by atoms with van der Waals surface area (Å²) in [6.45, 7) is 13.0. The minimum Gasteiger partial charge on any atom is -0.373 e. The summed E-state index contributed by atoms with van der Waals surface area (Å²) in [5.74, 6) is 0.890. The first-order chi connectivity index (χ1) is 9.47. The number of rotatable bonds is 7. The van der Waals surface area contributed by atoms with Gasteiger partial charge < -0.3 is 20.3 Å². The van der Waals surface area contributed by atoms with E-state index in [2.05, 4.69) is 55.3 Å². The Hall–Kier alpha value is -0.810. The Morgan fingerprint density at radius 1 is 1.40 bits per heavy atom. The van der Waals surface area contributed by atoms with Crippen LogP contribution in [-0.4, -0.2) is 62.3 Å². The van der Waals surface area contributed by atoms with E-state index in [9.17, 15) is 0 Å². The van der Waals surface area contributed by atoms with Gasteiger partial charge in [-0.3, -0.25) is 4.99 Å². The lowest BCUT2D eigenvalue weighted by Crippen LogP contribution is -2.43. The number of aliphatic imine (C=N–C) groups is 1. The van der Waals surface area contributed by atoms with Crippen LogP contribution >= 0.6 is 0 Å². The molecule has 1 aliphatic rings. The van der Waals surface area contributed by atoms with Crippen LogP contribution in [-0.2, 0) is 4.74 Å². The summed E-state index contributed by atoms with van der Waals surface area (Å²) < 4.78 is 5.77. The van der Waals surface area contributed by atoms with Crippen LogP contribution in [0.5, 0.6) is 0 Å². The molecule has 0 bridgehead atoms. The van der Waals surface area contributed by atoms with E-state index in [4.69, 9.17) is 4.74 Å². The molecule has 1 fully saturated rings. The van der Waals surface area contributed by atoms with Gasteiger partial charge in [-0.15, -0.1) is 0 Å². The Balaban J connectivity index is 2.38. The SMILES string of the molecule is CCNC(=NCC1(C)CCCO1)NCCN(C)C(C)C. The van der Waals surface area contributed by atoms with Crippen molar-refractivity contribution in [2.75, 3.05) is 39.8 Å². The number of ether oxygens (including phenoxy) is 1. The maximum Gasteiger partial charge on any atom is 0.191 e. The van der Waals surface area contributed by atoms with Crippen molar-refractivity contribution in [1.82, 2.24) is 15.5 Å². The molecule has 0 aromatic heterocycles. The molecule has 0 radical (unpaired) electrons. The summed E-state index contributed by atoms with van der Waals surface area (Å²) in [5, 5.41) is 6.68. The van der Waals surface area contributed by atoms with Crippen LogP contribution in [0, 0.1) is 0 Å². The molecular formula is C15H32N4O. The van der Waals surface area contributed by atoms with Crippen molar-refractivity contribution in [3.05, 3.63) is 0 Å². The summed E-state index contributed by atoms with van der Waals surface area (Å²) in [5.41, 5.74) is -0.0723. The Morgan fingerprint density at radius 3 is 2.70 bits per heavy atom. The smallest absolute Gasteiger partial charge is 0.191 e. The van der Waals surface area contributed by atoms with E-state index in [1.807, 2.05) is 0 Å². The van der Waals surface area contributed by atoms with Crippen molar-refractivity contribution in [2.24, 2.45) is 4.99 Å². The monoisotopic (exact) mass is 284 g/mol. The predicted molar refractivity (Wildman–Crippen MR) is 85.3 cm³/mol. The molecule has 1 atom stereocenters. The third kappa shape index (κ3) is 6.09.